The van der Waals surface area contributed by atoms with Gasteiger partial charge >= 0.3 is 0 Å². The maximum Gasteiger partial charge on any atom is -0.00923 e. The molecule has 0 aliphatic rings. The van der Waals surface area contributed by atoms with E-state index in [-0.39, 0.29) is 0 Å². The summed E-state index contributed by atoms with van der Waals surface area (Å²) in [5, 5.41) is 15.8. The van der Waals surface area contributed by atoms with Crippen LogP contribution < -0.4 is 0 Å². The van der Waals surface area contributed by atoms with Gasteiger partial charge in [-0.3, -0.25) is 0 Å². The summed E-state index contributed by atoms with van der Waals surface area (Å²) in [5.74, 6) is 0. The van der Waals surface area contributed by atoms with E-state index in [1.165, 1.54) is 75.8 Å². The highest BCUT2D eigenvalue weighted by Crippen LogP contribution is 2.40. The molecule has 0 heteroatoms. The lowest BCUT2D eigenvalue weighted by Crippen LogP contribution is -1.87. The van der Waals surface area contributed by atoms with Crippen molar-refractivity contribution < 1.29 is 0 Å². The lowest BCUT2D eigenvalue weighted by Gasteiger charge is -2.14. The molecule has 150 valence electrons. The van der Waals surface area contributed by atoms with E-state index in [1.54, 1.807) is 0 Å². The molecule has 0 aliphatic carbocycles. The Morgan fingerprint density at radius 3 is 1.00 bits per heavy atom. The van der Waals surface area contributed by atoms with Crippen LogP contribution in [0.25, 0.3) is 64.6 Å². The molecule has 0 saturated heterocycles. The molecule has 0 fully saturated rings. The summed E-state index contributed by atoms with van der Waals surface area (Å²) >= 11 is 0. The number of fused-ring (bicyclic) bond motifs is 9. The molecule has 32 heavy (non-hydrogen) atoms. The average Bonchev–Trinajstić information content (AvgIpc) is 2.81. The van der Waals surface area contributed by atoms with E-state index in [0.717, 1.165) is 0 Å². The molecule has 0 nitrogen and oxygen atoms in total. The zero-order valence-corrected chi connectivity index (χ0v) is 18.2. The maximum absolute atomic E-state index is 2.40. The Morgan fingerprint density at radius 2 is 0.625 bits per heavy atom. The van der Waals surface area contributed by atoms with Gasteiger partial charge in [-0.2, -0.15) is 0 Å². The van der Waals surface area contributed by atoms with Gasteiger partial charge in [0, 0.05) is 0 Å². The zero-order valence-electron chi connectivity index (χ0n) is 18.2. The fourth-order valence-corrected chi connectivity index (χ4v) is 5.41. The third-order valence-corrected chi connectivity index (χ3v) is 7.02. The Bertz CT molecular complexity index is 1730. The zero-order chi connectivity index (χ0) is 21.4. The Kier molecular flexibility index (Phi) is 3.50. The summed E-state index contributed by atoms with van der Waals surface area (Å²) in [6.45, 7) is 4.34. The first-order chi connectivity index (χ1) is 15.6. The van der Waals surface area contributed by atoms with Crippen LogP contribution in [0.4, 0.5) is 0 Å². The van der Waals surface area contributed by atoms with Crippen molar-refractivity contribution in [1.29, 1.82) is 0 Å². The quantitative estimate of drug-likeness (QED) is 0.174. The molecule has 0 unspecified atom stereocenters. The lowest BCUT2D eigenvalue weighted by atomic mass is 9.89. The molecular formula is C32H22. The summed E-state index contributed by atoms with van der Waals surface area (Å²) in [6, 6.07) is 36.6. The first-order valence-electron chi connectivity index (χ1n) is 11.3. The van der Waals surface area contributed by atoms with E-state index in [4.69, 9.17) is 0 Å². The van der Waals surface area contributed by atoms with Gasteiger partial charge in [-0.25, -0.2) is 0 Å². The van der Waals surface area contributed by atoms with E-state index >= 15 is 0 Å². The van der Waals surface area contributed by atoms with Crippen LogP contribution in [0.3, 0.4) is 0 Å². The van der Waals surface area contributed by atoms with Gasteiger partial charge in [0.15, 0.2) is 0 Å². The van der Waals surface area contributed by atoms with E-state index in [2.05, 4.69) is 111 Å². The molecule has 0 aromatic heterocycles. The second-order valence-electron chi connectivity index (χ2n) is 9.24. The smallest absolute Gasteiger partial charge is 0.00923 e. The molecular weight excluding hydrogens is 384 g/mol. The van der Waals surface area contributed by atoms with Crippen molar-refractivity contribution >= 4 is 64.6 Å². The number of aryl methyl sites for hydroxylation is 2. The lowest BCUT2D eigenvalue weighted by molar-refractivity contribution is 1.51. The fourth-order valence-electron chi connectivity index (χ4n) is 5.41. The van der Waals surface area contributed by atoms with Gasteiger partial charge in [0.2, 0.25) is 0 Å². The highest BCUT2D eigenvalue weighted by Gasteiger charge is 2.12. The topological polar surface area (TPSA) is 0 Å². The molecule has 0 spiro atoms. The predicted octanol–water partition coefficient (Wildman–Crippen LogP) is 9.22. The Balaban J connectivity index is 1.79. The van der Waals surface area contributed by atoms with Crippen LogP contribution in [0, 0.1) is 13.8 Å². The van der Waals surface area contributed by atoms with E-state index < -0.39 is 0 Å². The highest BCUT2D eigenvalue weighted by molar-refractivity contribution is 6.30. The largest absolute Gasteiger partial charge is 0.0616 e. The van der Waals surface area contributed by atoms with Crippen molar-refractivity contribution in [2.75, 3.05) is 0 Å². The van der Waals surface area contributed by atoms with E-state index in [9.17, 15) is 0 Å². The molecule has 0 N–H and O–H groups in total. The van der Waals surface area contributed by atoms with Crippen molar-refractivity contribution in [3.63, 3.8) is 0 Å². The minimum Gasteiger partial charge on any atom is -0.0616 e. The van der Waals surface area contributed by atoms with Crippen molar-refractivity contribution in [2.45, 2.75) is 13.8 Å². The third kappa shape index (κ3) is 2.50. The normalized spacial score (nSPS) is 12.1. The minimum atomic E-state index is 1.29. The van der Waals surface area contributed by atoms with Crippen molar-refractivity contribution in [3.8, 4) is 0 Å². The van der Waals surface area contributed by atoms with Gasteiger partial charge in [-0.05, 0) is 115 Å². The van der Waals surface area contributed by atoms with Crippen LogP contribution in [0.15, 0.2) is 97.1 Å². The summed E-state index contributed by atoms with van der Waals surface area (Å²) in [5.41, 5.74) is 2.60. The van der Waals surface area contributed by atoms with Gasteiger partial charge < -0.3 is 0 Å². The first-order valence-corrected chi connectivity index (χ1v) is 11.3. The Hall–Kier alpha value is -3.90. The number of hydrogen-bond acceptors (Lipinski definition) is 0. The highest BCUT2D eigenvalue weighted by atomic mass is 14.2. The molecule has 7 aromatic carbocycles. The molecule has 0 amide bonds. The van der Waals surface area contributed by atoms with Crippen molar-refractivity contribution in [1.82, 2.24) is 0 Å². The number of hydrogen-bond donors (Lipinski definition) is 0. The second kappa shape index (κ2) is 6.31. The number of benzene rings is 7. The molecule has 7 rings (SSSR count). The first kappa shape index (κ1) is 17.7. The van der Waals surface area contributed by atoms with Crippen molar-refractivity contribution in [2.24, 2.45) is 0 Å². The molecule has 0 heterocycles. The van der Waals surface area contributed by atoms with E-state index in [0.29, 0.717) is 0 Å². The van der Waals surface area contributed by atoms with Crippen LogP contribution >= 0.6 is 0 Å². The molecule has 0 radical (unpaired) electrons. The number of rotatable bonds is 0. The van der Waals surface area contributed by atoms with Crippen LogP contribution in [0.1, 0.15) is 11.1 Å². The Labute approximate surface area is 186 Å². The van der Waals surface area contributed by atoms with Gasteiger partial charge in [-0.15, -0.1) is 0 Å². The minimum absolute atomic E-state index is 1.29. The molecule has 0 saturated carbocycles. The summed E-state index contributed by atoms with van der Waals surface area (Å²) in [7, 11) is 0. The molecule has 0 aliphatic heterocycles. The van der Waals surface area contributed by atoms with Crippen LogP contribution in [0.2, 0.25) is 0 Å². The summed E-state index contributed by atoms with van der Waals surface area (Å²) < 4.78 is 0. The molecule has 7 aromatic rings. The van der Waals surface area contributed by atoms with Gasteiger partial charge in [0.25, 0.3) is 0 Å². The summed E-state index contributed by atoms with van der Waals surface area (Å²) in [6.07, 6.45) is 0. The second-order valence-corrected chi connectivity index (χ2v) is 9.24. The summed E-state index contributed by atoms with van der Waals surface area (Å²) in [4.78, 5) is 0. The van der Waals surface area contributed by atoms with Crippen LogP contribution in [-0.2, 0) is 0 Å². The monoisotopic (exact) mass is 406 g/mol. The Morgan fingerprint density at radius 1 is 0.312 bits per heavy atom. The maximum atomic E-state index is 2.40. The predicted molar refractivity (Wildman–Crippen MR) is 141 cm³/mol. The SMILES string of the molecule is Cc1ccc2cc3c4cc5ccc(C)cc5cc4c4cc5ccccc5cc4c3cc2c1. The standard InChI is InChI=1S/C32H22/c1-19-7-9-23-15-29-30-16-24-10-8-20(2)12-26(24)18-32(30)28-14-22-6-4-3-5-21(22)13-27(28)31(29)17-25(23)11-19/h3-18H,1-2H3. The average molecular weight is 407 g/mol. The molecule has 0 atom stereocenters. The fraction of sp³-hybridized carbons (Fsp3) is 0.0625. The van der Waals surface area contributed by atoms with Gasteiger partial charge in [0.1, 0.15) is 0 Å². The van der Waals surface area contributed by atoms with Crippen LogP contribution in [0.5, 0.6) is 0 Å². The third-order valence-electron chi connectivity index (χ3n) is 7.02. The molecule has 0 bridgehead atoms. The van der Waals surface area contributed by atoms with Crippen molar-refractivity contribution in [3.05, 3.63) is 108 Å². The van der Waals surface area contributed by atoms with E-state index in [1.807, 2.05) is 0 Å². The van der Waals surface area contributed by atoms with Gasteiger partial charge in [-0.1, -0.05) is 71.8 Å². The van der Waals surface area contributed by atoms with Gasteiger partial charge in [0.05, 0.1) is 0 Å². The van der Waals surface area contributed by atoms with Crippen LogP contribution in [-0.4, -0.2) is 0 Å².